The number of phosphoric acid groups is 3. The molecule has 3 saturated carbocycles. The lowest BCUT2D eigenvalue weighted by Gasteiger charge is -2.61. The van der Waals surface area contributed by atoms with Crippen LogP contribution in [0.2, 0.25) is 0 Å². The molecule has 31 heteroatoms. The number of anilines is 1. The summed E-state index contributed by atoms with van der Waals surface area (Å²) in [6.07, 6.45) is -1.50. The quantitative estimate of drug-likeness (QED) is 0.111. The molecule has 2 unspecified atom stereocenters. The number of primary amides is 1. The van der Waals surface area contributed by atoms with E-state index in [4.69, 9.17) is 34.5 Å². The average Bonchev–Trinajstić information content (AvgIpc) is 4.05. The van der Waals surface area contributed by atoms with Gasteiger partial charge in [-0.2, -0.15) is 4.31 Å². The third-order valence-electron chi connectivity index (χ3n) is 16.7. The van der Waals surface area contributed by atoms with Crippen molar-refractivity contribution < 1.29 is 90.3 Å². The molecule has 2 aromatic rings. The van der Waals surface area contributed by atoms with Crippen LogP contribution in [-0.2, 0) is 55.4 Å². The number of aliphatic hydroxyl groups is 3. The molecule has 6 heterocycles. The van der Waals surface area contributed by atoms with Crippen LogP contribution in [0.4, 0.5) is 5.82 Å². The van der Waals surface area contributed by atoms with Crippen molar-refractivity contribution >= 4 is 58.2 Å². The summed E-state index contributed by atoms with van der Waals surface area (Å²) in [6.45, 7) is 8.33. The second kappa shape index (κ2) is 20.1. The monoisotopic (exact) mass is 1120 g/mol. The molecule has 0 aromatic carbocycles. The highest BCUT2D eigenvalue weighted by Gasteiger charge is 2.63. The van der Waals surface area contributed by atoms with E-state index in [1.165, 1.54) is 17.3 Å². The highest BCUT2D eigenvalue weighted by Crippen LogP contribution is 2.66. The van der Waals surface area contributed by atoms with Gasteiger partial charge in [0.1, 0.15) is 48.5 Å². The Hall–Kier alpha value is -3.79. The van der Waals surface area contributed by atoms with Crippen LogP contribution < -0.4 is 22.1 Å². The van der Waals surface area contributed by atoms with Gasteiger partial charge in [-0.3, -0.25) is 32.5 Å². The molecular weight excluding hydrogens is 1050 g/mol. The van der Waals surface area contributed by atoms with Gasteiger partial charge in [-0.1, -0.05) is 19.9 Å². The van der Waals surface area contributed by atoms with Crippen molar-refractivity contribution in [2.24, 2.45) is 52.1 Å². The zero-order valence-electron chi connectivity index (χ0n) is 41.7. The van der Waals surface area contributed by atoms with E-state index in [1.807, 2.05) is 20.8 Å². The van der Waals surface area contributed by atoms with Gasteiger partial charge in [0, 0.05) is 47.3 Å². The summed E-state index contributed by atoms with van der Waals surface area (Å²) in [7, 11) is -16.5. The van der Waals surface area contributed by atoms with Crippen molar-refractivity contribution in [1.82, 2.24) is 35.1 Å². The maximum absolute atomic E-state index is 14.0. The highest BCUT2D eigenvalue weighted by molar-refractivity contribution is 7.61. The number of carbonyl (C=O) groups excluding carboxylic acids is 3. The number of fused-ring (bicyclic) bond motifs is 6. The van der Waals surface area contributed by atoms with E-state index >= 15 is 0 Å². The Morgan fingerprint density at radius 3 is 2.20 bits per heavy atom. The van der Waals surface area contributed by atoms with Crippen LogP contribution >= 0.6 is 23.5 Å². The molecule has 13 N–H and O–H groups in total. The number of nitrogens with one attached hydrogen (secondary N) is 2. The maximum atomic E-state index is 14.0. The second-order valence-electron chi connectivity index (χ2n) is 22.4. The number of imidazole rings is 1. The zero-order valence-corrected chi connectivity index (χ0v) is 44.4. The molecule has 2 aromatic heterocycles. The van der Waals surface area contributed by atoms with E-state index in [0.717, 1.165) is 55.7 Å². The summed E-state index contributed by atoms with van der Waals surface area (Å²) in [5, 5.41) is 39.6. The van der Waals surface area contributed by atoms with Crippen molar-refractivity contribution in [3.05, 3.63) is 36.7 Å². The number of nitrogens with zero attached hydrogens (tertiary/aromatic N) is 5. The molecule has 3 amide bonds. The van der Waals surface area contributed by atoms with Gasteiger partial charge in [0.2, 0.25) is 17.7 Å². The van der Waals surface area contributed by atoms with E-state index in [9.17, 15) is 63.0 Å². The summed E-state index contributed by atoms with van der Waals surface area (Å²) < 4.78 is 69.3. The van der Waals surface area contributed by atoms with E-state index in [-0.39, 0.29) is 68.6 Å². The number of phosphoric ester groups is 3. The van der Waals surface area contributed by atoms with Crippen LogP contribution in [0.5, 0.6) is 0 Å². The summed E-state index contributed by atoms with van der Waals surface area (Å²) in [6, 6.07) is -0.0899. The number of nitrogens with two attached hydrogens (primary N) is 2. The third kappa shape index (κ3) is 10.9. The normalized spacial score (nSPS) is 39.5. The van der Waals surface area contributed by atoms with Gasteiger partial charge < -0.3 is 71.4 Å². The maximum Gasteiger partial charge on any atom is 0.481 e. The molecule has 7 aliphatic rings. The molecule has 3 aliphatic carbocycles. The molecule has 28 nitrogen and oxygen atoms in total. The van der Waals surface area contributed by atoms with Gasteiger partial charge in [0.05, 0.1) is 19.5 Å². The number of aromatic nitrogens is 4. The minimum atomic E-state index is -5.62. The van der Waals surface area contributed by atoms with Crippen molar-refractivity contribution in [2.45, 2.75) is 140 Å². The molecule has 0 spiro atoms. The number of carbonyl (C=O) groups is 3. The van der Waals surface area contributed by atoms with Crippen molar-refractivity contribution in [3.63, 3.8) is 0 Å². The van der Waals surface area contributed by atoms with Gasteiger partial charge >= 0.3 is 23.5 Å². The first-order chi connectivity index (χ1) is 34.9. The number of allylic oxidation sites excluding steroid dienone is 1. The van der Waals surface area contributed by atoms with E-state index < -0.39 is 104 Å². The first-order valence-electron chi connectivity index (χ1n) is 24.7. The van der Waals surface area contributed by atoms with E-state index in [1.54, 1.807) is 6.08 Å². The zero-order chi connectivity index (χ0) is 54.5. The number of hydrogen-bond acceptors (Lipinski definition) is 20. The van der Waals surface area contributed by atoms with Gasteiger partial charge in [0.25, 0.3) is 0 Å². The van der Waals surface area contributed by atoms with Crippen LogP contribution in [0.25, 0.3) is 11.2 Å². The Morgan fingerprint density at radius 1 is 0.893 bits per heavy atom. The van der Waals surface area contributed by atoms with Crippen LogP contribution in [0.1, 0.15) is 85.8 Å². The first-order valence-corrected chi connectivity index (χ1v) is 29.2. The number of aliphatic hydroxyl groups excluding tert-OH is 3. The van der Waals surface area contributed by atoms with Crippen LogP contribution in [0.15, 0.2) is 36.7 Å². The Bertz CT molecular complexity index is 2780. The number of amides is 3. The summed E-state index contributed by atoms with van der Waals surface area (Å²) in [5.41, 5.74) is 11.0. The lowest BCUT2D eigenvalue weighted by Crippen LogP contribution is -2.64. The van der Waals surface area contributed by atoms with Gasteiger partial charge in [-0.25, -0.2) is 28.6 Å². The van der Waals surface area contributed by atoms with E-state index in [2.05, 4.69) is 43.7 Å². The molecule has 0 bridgehead atoms. The van der Waals surface area contributed by atoms with Crippen LogP contribution in [0, 0.1) is 46.3 Å². The Morgan fingerprint density at radius 2 is 1.55 bits per heavy atom. The smallest absolute Gasteiger partial charge is 0.387 e. The molecule has 0 radical (unpaired) electrons. The SMILES string of the molecule is CC(C)(C)NC(=O)[C@H]1CC[C@H]2[C@@H]3CC[C@H]4NC(=O)[C@H]([C@H]5C=CN([C@@H]6O[C@H](COP(=O)(O)OP(=O)(O)OC[C@H]7O[C@@H](n8cnc9c(N)ncnc98)[C@H](OP(=O)(O)O)[C@@H]7O)[C@@H](O)[C@H]6O)C=C5C(N)=O)C[C@]4(C)[C@H]3CC[C@]12C. The largest absolute Gasteiger partial charge is 0.481 e. The first kappa shape index (κ1) is 55.9. The summed E-state index contributed by atoms with van der Waals surface area (Å²) in [5.74, 6) is -1.69. The third-order valence-corrected chi connectivity index (χ3v) is 19.8. The molecule has 75 heavy (non-hydrogen) atoms. The molecule has 3 saturated heterocycles. The number of piperidine rings is 1. The number of ether oxygens (including phenoxy) is 2. The molecule has 6 fully saturated rings. The molecule has 416 valence electrons. The van der Waals surface area contributed by atoms with Crippen LogP contribution in [0.3, 0.4) is 0 Å². The standard InChI is InChI=1S/C44H66N9O19P3/c1-42(2,3)51-39(59)26-8-7-24-21-6-9-29-44(5,25(21)10-12-43(24,26)4)14-22(38(58)50-29)20-11-13-52(15-23(20)36(46)57)40-33(56)31(54)27(69-40)16-67-74(63,64)72-75(65,66)68-17-28-32(55)34(71-73(60,61)62)41(70-28)53-19-49-30-35(45)47-18-48-37(30)53/h11,13,15,18-22,24-29,31-34,40-41,54-56H,6-10,12,14,16-17H2,1-5H3,(H2,46,57)(H,50,58)(H,51,59)(H,63,64)(H,65,66)(H2,45,47,48)(H2,60,61,62)/t20-,21+,22+,24+,25+,26-,27-,28-,29-,31-,32-,33-,34-,40-,41-,43+,44-/m1/s1. The fourth-order valence-electron chi connectivity index (χ4n) is 13.4. The van der Waals surface area contributed by atoms with E-state index in [0.29, 0.717) is 18.3 Å². The molecule has 19 atom stereocenters. The van der Waals surface area contributed by atoms with Crippen molar-refractivity contribution in [2.75, 3.05) is 18.9 Å². The molecular formula is C44H66N9O19P3. The fraction of sp³-hybridized carbons (Fsp3) is 0.727. The molecule has 9 rings (SSSR count). The minimum absolute atomic E-state index is 0.00993. The average molecular weight is 1120 g/mol. The predicted octanol–water partition coefficient (Wildman–Crippen LogP) is 0.935. The number of rotatable bonds is 15. The summed E-state index contributed by atoms with van der Waals surface area (Å²) in [4.78, 5) is 93.9. The summed E-state index contributed by atoms with van der Waals surface area (Å²) >= 11 is 0. The lowest BCUT2D eigenvalue weighted by atomic mass is 9.46. The minimum Gasteiger partial charge on any atom is -0.387 e. The lowest BCUT2D eigenvalue weighted by molar-refractivity contribution is -0.149. The van der Waals surface area contributed by atoms with Gasteiger partial charge in [0.15, 0.2) is 23.9 Å². The second-order valence-corrected chi connectivity index (χ2v) is 26.6. The predicted molar refractivity (Wildman–Crippen MR) is 257 cm³/mol. The van der Waals surface area contributed by atoms with Gasteiger partial charge in [-0.05, 0) is 94.3 Å². The fourth-order valence-corrected chi connectivity index (χ4v) is 16.0. The number of hydrogen-bond donors (Lipinski definition) is 11. The van der Waals surface area contributed by atoms with Crippen molar-refractivity contribution in [3.8, 4) is 0 Å². The Labute approximate surface area is 430 Å². The van der Waals surface area contributed by atoms with Crippen LogP contribution in [-0.4, -0.2) is 145 Å². The van der Waals surface area contributed by atoms with Crippen molar-refractivity contribution in [1.29, 1.82) is 0 Å². The molecule has 4 aliphatic heterocycles. The number of nitrogen functional groups attached to an aromatic ring is 1. The highest BCUT2D eigenvalue weighted by atomic mass is 31.3. The Kier molecular flexibility index (Phi) is 15.0. The van der Waals surface area contributed by atoms with Gasteiger partial charge in [-0.15, -0.1) is 0 Å². The Balaban J connectivity index is 0.816. The topological polar surface area (TPSA) is 422 Å².